The van der Waals surface area contributed by atoms with Crippen LogP contribution in [-0.2, 0) is 0 Å². The second-order valence-electron chi connectivity index (χ2n) is 6.04. The summed E-state index contributed by atoms with van der Waals surface area (Å²) in [6.45, 7) is 2.85. The van der Waals surface area contributed by atoms with Crippen molar-refractivity contribution in [3.8, 4) is 5.75 Å². The lowest BCUT2D eigenvalue weighted by atomic mass is 10.0. The van der Waals surface area contributed by atoms with Crippen LogP contribution in [0.4, 0.5) is 0 Å². The van der Waals surface area contributed by atoms with Gasteiger partial charge in [0.15, 0.2) is 0 Å². The molecule has 5 nitrogen and oxygen atoms in total. The number of rotatable bonds is 6. The number of hydrogen-bond acceptors (Lipinski definition) is 4. The van der Waals surface area contributed by atoms with E-state index in [-0.39, 0.29) is 5.91 Å². The molecule has 0 atom stereocenters. The van der Waals surface area contributed by atoms with Crippen molar-refractivity contribution in [2.75, 3.05) is 26.2 Å². The number of nitrogens with one attached hydrogen (secondary N) is 1. The Hall–Kier alpha value is -2.11. The van der Waals surface area contributed by atoms with E-state index >= 15 is 0 Å². The third-order valence-electron chi connectivity index (χ3n) is 4.32. The van der Waals surface area contributed by atoms with Gasteiger partial charge in [0.05, 0.1) is 10.6 Å². The number of nitrogens with zero attached hydrogens (tertiary/aromatic N) is 2. The molecule has 6 heteroatoms. The average Bonchev–Trinajstić information content (AvgIpc) is 2.67. The van der Waals surface area contributed by atoms with E-state index < -0.39 is 0 Å². The van der Waals surface area contributed by atoms with Crippen LogP contribution in [0.25, 0.3) is 0 Å². The van der Waals surface area contributed by atoms with Crippen LogP contribution in [0.1, 0.15) is 23.2 Å². The first-order chi connectivity index (χ1) is 12.2. The average molecular weight is 360 g/mol. The summed E-state index contributed by atoms with van der Waals surface area (Å²) in [6, 6.07) is 11.5. The Morgan fingerprint density at radius 1 is 1.24 bits per heavy atom. The van der Waals surface area contributed by atoms with Gasteiger partial charge in [-0.1, -0.05) is 23.7 Å². The smallest absolute Gasteiger partial charge is 0.255 e. The Bertz CT molecular complexity index is 688. The van der Waals surface area contributed by atoms with Crippen LogP contribution in [0.3, 0.4) is 0 Å². The maximum absolute atomic E-state index is 12.4. The van der Waals surface area contributed by atoms with Gasteiger partial charge >= 0.3 is 0 Å². The Labute approximate surface area is 153 Å². The Morgan fingerprint density at radius 2 is 2.04 bits per heavy atom. The van der Waals surface area contributed by atoms with E-state index in [9.17, 15) is 4.79 Å². The number of halogens is 1. The van der Waals surface area contributed by atoms with Crippen LogP contribution in [0.2, 0.25) is 5.02 Å². The first-order valence-corrected chi connectivity index (χ1v) is 8.92. The zero-order chi connectivity index (χ0) is 17.5. The van der Waals surface area contributed by atoms with Gasteiger partial charge in [-0.3, -0.25) is 9.78 Å². The number of pyridine rings is 1. The van der Waals surface area contributed by atoms with Crippen LogP contribution in [0, 0.1) is 0 Å². The van der Waals surface area contributed by atoms with E-state index in [0.29, 0.717) is 29.0 Å². The second kappa shape index (κ2) is 8.83. The third kappa shape index (κ3) is 4.94. The summed E-state index contributed by atoms with van der Waals surface area (Å²) in [5, 5.41) is 4.12. The molecule has 1 aliphatic heterocycles. The molecule has 1 N–H and O–H groups in total. The predicted octanol–water partition coefficient (Wildman–Crippen LogP) is 3.01. The summed E-state index contributed by atoms with van der Waals surface area (Å²) in [6.07, 6.45) is 5.19. The van der Waals surface area contributed by atoms with Crippen molar-refractivity contribution >= 4 is 17.5 Å². The van der Waals surface area contributed by atoms with Gasteiger partial charge < -0.3 is 15.0 Å². The lowest BCUT2D eigenvalue weighted by Gasteiger charge is -2.32. The normalized spacial score (nSPS) is 15.2. The molecule has 2 heterocycles. The first kappa shape index (κ1) is 17.7. The maximum atomic E-state index is 12.4. The van der Waals surface area contributed by atoms with Gasteiger partial charge in [-0.15, -0.1) is 0 Å². The zero-order valence-electron chi connectivity index (χ0n) is 14.0. The molecule has 0 bridgehead atoms. The Balaban J connectivity index is 1.37. The molecule has 1 aliphatic rings. The maximum Gasteiger partial charge on any atom is 0.255 e. The molecule has 132 valence electrons. The second-order valence-corrected chi connectivity index (χ2v) is 6.45. The first-order valence-electron chi connectivity index (χ1n) is 8.54. The number of piperidine rings is 1. The van der Waals surface area contributed by atoms with Gasteiger partial charge in [0.2, 0.25) is 0 Å². The molecular weight excluding hydrogens is 338 g/mol. The number of likely N-dealkylation sites (tertiary alicyclic amines) is 1. The topological polar surface area (TPSA) is 54.5 Å². The van der Waals surface area contributed by atoms with Crippen LogP contribution in [0.15, 0.2) is 48.8 Å². The van der Waals surface area contributed by atoms with Crippen LogP contribution >= 0.6 is 11.6 Å². The number of aromatic nitrogens is 1. The van der Waals surface area contributed by atoms with Gasteiger partial charge in [0.1, 0.15) is 12.4 Å². The van der Waals surface area contributed by atoms with E-state index in [4.69, 9.17) is 16.3 Å². The van der Waals surface area contributed by atoms with Crippen molar-refractivity contribution in [2.24, 2.45) is 0 Å². The monoisotopic (exact) mass is 359 g/mol. The predicted molar refractivity (Wildman–Crippen MR) is 98.1 cm³/mol. The fourth-order valence-corrected chi connectivity index (χ4v) is 3.13. The summed E-state index contributed by atoms with van der Waals surface area (Å²) in [4.78, 5) is 18.3. The molecule has 1 fully saturated rings. The SMILES string of the molecule is O=C(c1cccnc1)N1CCC(NCCOc2ccccc2Cl)CC1. The van der Waals surface area contributed by atoms with Crippen molar-refractivity contribution in [3.63, 3.8) is 0 Å². The van der Waals surface area contributed by atoms with E-state index in [1.54, 1.807) is 18.5 Å². The molecule has 1 amide bonds. The minimum absolute atomic E-state index is 0.0635. The number of para-hydroxylation sites is 1. The summed E-state index contributed by atoms with van der Waals surface area (Å²) in [7, 11) is 0. The lowest BCUT2D eigenvalue weighted by molar-refractivity contribution is 0.0703. The molecule has 2 aromatic rings. The van der Waals surface area contributed by atoms with Crippen molar-refractivity contribution in [1.29, 1.82) is 0 Å². The van der Waals surface area contributed by atoms with E-state index in [0.717, 1.165) is 32.5 Å². The molecule has 0 aliphatic carbocycles. The quantitative estimate of drug-likeness (QED) is 0.805. The third-order valence-corrected chi connectivity index (χ3v) is 4.63. The van der Waals surface area contributed by atoms with Crippen LogP contribution < -0.4 is 10.1 Å². The Morgan fingerprint density at radius 3 is 2.76 bits per heavy atom. The summed E-state index contributed by atoms with van der Waals surface area (Å²) in [5.74, 6) is 0.774. The Kier molecular flexibility index (Phi) is 6.25. The fraction of sp³-hybridized carbons (Fsp3) is 0.368. The molecular formula is C19H22ClN3O2. The largest absolute Gasteiger partial charge is 0.491 e. The number of hydrogen-bond donors (Lipinski definition) is 1. The van der Waals surface area contributed by atoms with E-state index in [1.807, 2.05) is 35.2 Å². The molecule has 1 saturated heterocycles. The van der Waals surface area contributed by atoms with Crippen molar-refractivity contribution < 1.29 is 9.53 Å². The number of carbonyl (C=O) groups excluding carboxylic acids is 1. The molecule has 0 spiro atoms. The minimum Gasteiger partial charge on any atom is -0.491 e. The molecule has 0 radical (unpaired) electrons. The van der Waals surface area contributed by atoms with Gasteiger partial charge in [0.25, 0.3) is 5.91 Å². The summed E-state index contributed by atoms with van der Waals surface area (Å²) >= 11 is 6.06. The number of amides is 1. The molecule has 25 heavy (non-hydrogen) atoms. The summed E-state index contributed by atoms with van der Waals surface area (Å²) in [5.41, 5.74) is 0.655. The highest BCUT2D eigenvalue weighted by Gasteiger charge is 2.23. The number of ether oxygens (including phenoxy) is 1. The van der Waals surface area contributed by atoms with Crippen molar-refractivity contribution in [3.05, 3.63) is 59.4 Å². The fourth-order valence-electron chi connectivity index (χ4n) is 2.94. The molecule has 3 rings (SSSR count). The van der Waals surface area contributed by atoms with Crippen molar-refractivity contribution in [2.45, 2.75) is 18.9 Å². The van der Waals surface area contributed by atoms with E-state index in [1.165, 1.54) is 0 Å². The number of carbonyl (C=O) groups is 1. The molecule has 0 unspecified atom stereocenters. The lowest BCUT2D eigenvalue weighted by Crippen LogP contribution is -2.45. The van der Waals surface area contributed by atoms with E-state index in [2.05, 4.69) is 10.3 Å². The molecule has 1 aromatic heterocycles. The van der Waals surface area contributed by atoms with Gasteiger partial charge in [-0.05, 0) is 37.1 Å². The minimum atomic E-state index is 0.0635. The highest BCUT2D eigenvalue weighted by Crippen LogP contribution is 2.22. The standard InChI is InChI=1S/C19H22ClN3O2/c20-17-5-1-2-6-18(17)25-13-10-22-16-7-11-23(12-8-16)19(24)15-4-3-9-21-14-15/h1-6,9,14,16,22H,7-8,10-13H2. The van der Waals surface area contributed by atoms with Gasteiger partial charge in [0, 0.05) is 38.1 Å². The molecule has 0 saturated carbocycles. The number of benzene rings is 1. The van der Waals surface area contributed by atoms with Crippen LogP contribution in [0.5, 0.6) is 5.75 Å². The van der Waals surface area contributed by atoms with Gasteiger partial charge in [-0.25, -0.2) is 0 Å². The highest BCUT2D eigenvalue weighted by molar-refractivity contribution is 6.32. The molecule has 1 aromatic carbocycles. The van der Waals surface area contributed by atoms with Crippen LogP contribution in [-0.4, -0.2) is 48.1 Å². The van der Waals surface area contributed by atoms with Gasteiger partial charge in [-0.2, -0.15) is 0 Å². The highest BCUT2D eigenvalue weighted by atomic mass is 35.5. The zero-order valence-corrected chi connectivity index (χ0v) is 14.8. The summed E-state index contributed by atoms with van der Waals surface area (Å²) < 4.78 is 5.68. The van der Waals surface area contributed by atoms with Crippen molar-refractivity contribution in [1.82, 2.24) is 15.2 Å².